The van der Waals surface area contributed by atoms with Gasteiger partial charge < -0.3 is 9.05 Å². The van der Waals surface area contributed by atoms with E-state index in [2.05, 4.69) is 0 Å². The second kappa shape index (κ2) is 2.92. The van der Waals surface area contributed by atoms with Crippen LogP contribution in [0.15, 0.2) is 24.3 Å². The highest BCUT2D eigenvalue weighted by Gasteiger charge is 2.24. The molecule has 4 heteroatoms. The number of hydrogen-bond acceptors (Lipinski definition) is 3. The molecule has 1 aliphatic rings. The quantitative estimate of drug-likeness (QED) is 0.628. The van der Waals surface area contributed by atoms with E-state index in [1.54, 1.807) is 11.4 Å². The maximum atomic E-state index is 5.46. The summed E-state index contributed by atoms with van der Waals surface area (Å²) in [6, 6.07) is 7.74. The fraction of sp³-hybridized carbons (Fsp3) is 0.143. The first-order chi connectivity index (χ1) is 5.40. The fourth-order valence-corrected chi connectivity index (χ4v) is 2.59. The number of fused-ring (bicyclic) bond motifs is 1. The summed E-state index contributed by atoms with van der Waals surface area (Å²) in [4.78, 5) is 0. The zero-order valence-corrected chi connectivity index (χ0v) is 7.69. The third kappa shape index (κ3) is 1.31. The first-order valence-electron chi connectivity index (χ1n) is 3.19. The molecule has 0 amide bonds. The summed E-state index contributed by atoms with van der Waals surface area (Å²) < 4.78 is 10.9. The van der Waals surface area contributed by atoms with Gasteiger partial charge in [0.2, 0.25) is 0 Å². The van der Waals surface area contributed by atoms with Gasteiger partial charge in [-0.15, -0.1) is 0 Å². The van der Waals surface area contributed by atoms with E-state index in [-0.39, 0.29) is 0 Å². The topological polar surface area (TPSA) is 18.5 Å². The van der Waals surface area contributed by atoms with Gasteiger partial charge >= 0.3 is 7.58 Å². The number of rotatable bonds is 1. The molecule has 2 rings (SSSR count). The molecular formula is C7H7O2PS. The van der Waals surface area contributed by atoms with E-state index in [4.69, 9.17) is 9.05 Å². The lowest BCUT2D eigenvalue weighted by molar-refractivity contribution is 0.597. The molecule has 0 saturated carbocycles. The van der Waals surface area contributed by atoms with Gasteiger partial charge in [0.1, 0.15) is 0 Å². The Morgan fingerprint density at radius 1 is 1.18 bits per heavy atom. The lowest BCUT2D eigenvalue weighted by Crippen LogP contribution is -1.76. The molecule has 0 fully saturated rings. The van der Waals surface area contributed by atoms with Crippen LogP contribution in [-0.2, 0) is 0 Å². The Bertz CT molecular complexity index is 241. The first kappa shape index (κ1) is 7.26. The van der Waals surface area contributed by atoms with Crippen molar-refractivity contribution in [2.75, 3.05) is 6.26 Å². The van der Waals surface area contributed by atoms with E-state index in [1.165, 1.54) is 0 Å². The number of hydrogen-bond donors (Lipinski definition) is 0. The van der Waals surface area contributed by atoms with Gasteiger partial charge in [-0.05, 0) is 18.4 Å². The van der Waals surface area contributed by atoms with Crippen molar-refractivity contribution in [3.63, 3.8) is 0 Å². The van der Waals surface area contributed by atoms with E-state index in [9.17, 15) is 0 Å². The third-order valence-electron chi connectivity index (χ3n) is 1.34. The average Bonchev–Trinajstić information content (AvgIpc) is 2.46. The Balaban J connectivity index is 2.27. The molecule has 0 bridgehead atoms. The van der Waals surface area contributed by atoms with E-state index in [0.717, 1.165) is 11.5 Å². The predicted molar refractivity (Wildman–Crippen MR) is 48.1 cm³/mol. The van der Waals surface area contributed by atoms with Crippen LogP contribution in [0.2, 0.25) is 0 Å². The molecule has 0 saturated heterocycles. The fourth-order valence-electron chi connectivity index (χ4n) is 0.855. The average molecular weight is 186 g/mol. The molecule has 0 aliphatic carbocycles. The van der Waals surface area contributed by atoms with Crippen molar-refractivity contribution >= 4 is 19.0 Å². The van der Waals surface area contributed by atoms with Crippen LogP contribution in [0, 0.1) is 0 Å². The Labute approximate surface area is 70.6 Å². The van der Waals surface area contributed by atoms with Crippen LogP contribution < -0.4 is 9.05 Å². The van der Waals surface area contributed by atoms with Crippen LogP contribution in [0.4, 0.5) is 0 Å². The van der Waals surface area contributed by atoms with Crippen molar-refractivity contribution in [3.05, 3.63) is 24.3 Å². The Kier molecular flexibility index (Phi) is 1.93. The van der Waals surface area contributed by atoms with Gasteiger partial charge in [-0.2, -0.15) is 0 Å². The molecule has 2 nitrogen and oxygen atoms in total. The van der Waals surface area contributed by atoms with Crippen LogP contribution in [0.1, 0.15) is 0 Å². The summed E-state index contributed by atoms with van der Waals surface area (Å²) in [5.41, 5.74) is 0. The smallest absolute Gasteiger partial charge is 0.360 e. The summed E-state index contributed by atoms with van der Waals surface area (Å²) in [6.45, 7) is 0. The number of para-hydroxylation sites is 2. The second-order valence-corrected chi connectivity index (χ2v) is 5.20. The van der Waals surface area contributed by atoms with E-state index < -0.39 is 7.58 Å². The lowest BCUT2D eigenvalue weighted by Gasteiger charge is -2.00. The molecule has 1 heterocycles. The van der Waals surface area contributed by atoms with Crippen LogP contribution in [0.3, 0.4) is 0 Å². The van der Waals surface area contributed by atoms with Gasteiger partial charge in [-0.1, -0.05) is 23.5 Å². The highest BCUT2D eigenvalue weighted by molar-refractivity contribution is 8.52. The van der Waals surface area contributed by atoms with Crippen LogP contribution in [-0.4, -0.2) is 6.26 Å². The van der Waals surface area contributed by atoms with Crippen molar-refractivity contribution in [2.24, 2.45) is 0 Å². The Hall–Kier alpha value is -0.400. The molecule has 1 aliphatic heterocycles. The molecule has 0 spiro atoms. The highest BCUT2D eigenvalue weighted by atomic mass is 32.7. The minimum absolute atomic E-state index is 0.753. The summed E-state index contributed by atoms with van der Waals surface area (Å²) in [7, 11) is -0.753. The molecule has 0 radical (unpaired) electrons. The Morgan fingerprint density at radius 3 is 2.18 bits per heavy atom. The minimum atomic E-state index is -0.753. The maximum Gasteiger partial charge on any atom is 0.360 e. The lowest BCUT2D eigenvalue weighted by atomic mass is 10.3. The summed E-state index contributed by atoms with van der Waals surface area (Å²) in [5, 5.41) is 0. The molecule has 0 aromatic heterocycles. The summed E-state index contributed by atoms with van der Waals surface area (Å²) >= 11 is 1.61. The van der Waals surface area contributed by atoms with Crippen molar-refractivity contribution in [1.29, 1.82) is 0 Å². The van der Waals surface area contributed by atoms with Crippen LogP contribution >= 0.6 is 19.0 Å². The highest BCUT2D eigenvalue weighted by Crippen LogP contribution is 2.58. The van der Waals surface area contributed by atoms with E-state index in [1.807, 2.05) is 30.5 Å². The van der Waals surface area contributed by atoms with Gasteiger partial charge in [0, 0.05) is 0 Å². The van der Waals surface area contributed by atoms with Gasteiger partial charge in [0.25, 0.3) is 0 Å². The molecule has 58 valence electrons. The van der Waals surface area contributed by atoms with E-state index in [0.29, 0.717) is 0 Å². The Morgan fingerprint density at radius 2 is 1.73 bits per heavy atom. The molecule has 0 atom stereocenters. The van der Waals surface area contributed by atoms with Crippen molar-refractivity contribution < 1.29 is 9.05 Å². The molecule has 1 aromatic rings. The zero-order valence-electron chi connectivity index (χ0n) is 5.98. The SMILES string of the molecule is CSP1Oc2ccccc2O1. The first-order valence-corrected chi connectivity index (χ1v) is 6.20. The van der Waals surface area contributed by atoms with Crippen molar-refractivity contribution in [1.82, 2.24) is 0 Å². The standard InChI is InChI=1S/C7H7O2PS/c1-11-10-8-6-4-2-3-5-7(6)9-10/h2-5H,1H3. The summed E-state index contributed by atoms with van der Waals surface area (Å²) in [6.07, 6.45) is 1.98. The van der Waals surface area contributed by atoms with Crippen molar-refractivity contribution in [3.8, 4) is 11.5 Å². The third-order valence-corrected chi connectivity index (χ3v) is 3.68. The molecule has 0 unspecified atom stereocenters. The van der Waals surface area contributed by atoms with Gasteiger partial charge in [-0.3, -0.25) is 0 Å². The van der Waals surface area contributed by atoms with Gasteiger partial charge in [-0.25, -0.2) is 0 Å². The zero-order chi connectivity index (χ0) is 7.68. The molecule has 11 heavy (non-hydrogen) atoms. The van der Waals surface area contributed by atoms with Gasteiger partial charge in [0.15, 0.2) is 11.5 Å². The molecule has 0 N–H and O–H groups in total. The summed E-state index contributed by atoms with van der Waals surface area (Å²) in [5.74, 6) is 1.74. The maximum absolute atomic E-state index is 5.46. The number of benzene rings is 1. The van der Waals surface area contributed by atoms with Gasteiger partial charge in [0.05, 0.1) is 0 Å². The van der Waals surface area contributed by atoms with Crippen LogP contribution in [0.5, 0.6) is 11.5 Å². The van der Waals surface area contributed by atoms with Crippen LogP contribution in [0.25, 0.3) is 0 Å². The molecular weight excluding hydrogens is 179 g/mol. The molecule has 1 aromatic carbocycles. The largest absolute Gasteiger partial charge is 0.427 e. The normalized spacial score (nSPS) is 15.4. The van der Waals surface area contributed by atoms with Crippen molar-refractivity contribution in [2.45, 2.75) is 0 Å². The van der Waals surface area contributed by atoms with E-state index >= 15 is 0 Å². The minimum Gasteiger partial charge on any atom is -0.427 e. The monoisotopic (exact) mass is 186 g/mol. The second-order valence-electron chi connectivity index (χ2n) is 2.04. The predicted octanol–water partition coefficient (Wildman–Crippen LogP) is 3.05.